The summed E-state index contributed by atoms with van der Waals surface area (Å²) < 4.78 is 5.00. The molecule has 2 aliphatic heterocycles. The van der Waals surface area contributed by atoms with Gasteiger partial charge < -0.3 is 19.9 Å². The minimum absolute atomic E-state index is 0.0418. The Bertz CT molecular complexity index is 458. The van der Waals surface area contributed by atoms with Crippen LogP contribution in [0.4, 0.5) is 4.79 Å². The highest BCUT2D eigenvalue weighted by molar-refractivity contribution is 5.89. The zero-order valence-corrected chi connectivity index (χ0v) is 14.2. The molecule has 0 bridgehead atoms. The summed E-state index contributed by atoms with van der Waals surface area (Å²) >= 11 is 0. The Morgan fingerprint density at radius 2 is 1.96 bits per heavy atom. The molecular weight excluding hydrogens is 298 g/mol. The number of hydrogen-bond donors (Lipinski definition) is 1. The van der Waals surface area contributed by atoms with Gasteiger partial charge in [-0.2, -0.15) is 0 Å². The lowest BCUT2D eigenvalue weighted by atomic mass is 10.0. The Kier molecular flexibility index (Phi) is 5.85. The highest BCUT2D eigenvalue weighted by atomic mass is 16.6. The molecule has 2 heterocycles. The zero-order chi connectivity index (χ0) is 17.0. The first-order valence-corrected chi connectivity index (χ1v) is 8.43. The Balaban J connectivity index is 1.85. The molecule has 23 heavy (non-hydrogen) atoms. The van der Waals surface area contributed by atoms with Crippen molar-refractivity contribution in [2.24, 2.45) is 5.92 Å². The lowest BCUT2D eigenvalue weighted by Gasteiger charge is -2.36. The van der Waals surface area contributed by atoms with Crippen LogP contribution in [-0.2, 0) is 14.3 Å². The van der Waals surface area contributed by atoms with Crippen molar-refractivity contribution in [1.82, 2.24) is 15.1 Å². The second-order valence-electron chi connectivity index (χ2n) is 6.53. The molecule has 7 nitrogen and oxygen atoms in total. The van der Waals surface area contributed by atoms with Crippen LogP contribution >= 0.6 is 0 Å². The minimum atomic E-state index is -0.284. The number of ether oxygens (including phenoxy) is 1. The van der Waals surface area contributed by atoms with Crippen molar-refractivity contribution < 1.29 is 19.1 Å². The zero-order valence-electron chi connectivity index (χ0n) is 14.2. The van der Waals surface area contributed by atoms with E-state index in [0.717, 1.165) is 12.8 Å². The number of carbonyl (C=O) groups is 3. The van der Waals surface area contributed by atoms with Crippen LogP contribution in [0.5, 0.6) is 0 Å². The van der Waals surface area contributed by atoms with Crippen LogP contribution in [-0.4, -0.2) is 66.0 Å². The number of hydrogen-bond acceptors (Lipinski definition) is 4. The molecule has 0 radical (unpaired) electrons. The summed E-state index contributed by atoms with van der Waals surface area (Å²) in [5.74, 6) is -0.253. The van der Waals surface area contributed by atoms with E-state index in [0.29, 0.717) is 26.2 Å². The maximum absolute atomic E-state index is 12.2. The Labute approximate surface area is 137 Å². The number of nitrogens with zero attached hydrogens (tertiary/aromatic N) is 2. The first kappa shape index (κ1) is 17.6. The van der Waals surface area contributed by atoms with Crippen LogP contribution < -0.4 is 5.32 Å². The van der Waals surface area contributed by atoms with Gasteiger partial charge in [-0.1, -0.05) is 0 Å². The predicted octanol–water partition coefficient (Wildman–Crippen LogP) is 0.980. The molecule has 1 unspecified atom stereocenters. The fourth-order valence-corrected chi connectivity index (χ4v) is 3.24. The predicted molar refractivity (Wildman–Crippen MR) is 84.7 cm³/mol. The van der Waals surface area contributed by atoms with Gasteiger partial charge in [0.05, 0.1) is 12.5 Å². The van der Waals surface area contributed by atoms with Crippen LogP contribution in [0.25, 0.3) is 0 Å². The van der Waals surface area contributed by atoms with E-state index in [1.807, 2.05) is 18.7 Å². The van der Waals surface area contributed by atoms with E-state index < -0.39 is 0 Å². The molecule has 0 aromatic carbocycles. The number of nitrogens with one attached hydrogen (secondary N) is 1. The Hall–Kier alpha value is -1.79. The van der Waals surface area contributed by atoms with Gasteiger partial charge >= 0.3 is 6.09 Å². The van der Waals surface area contributed by atoms with Gasteiger partial charge in [0.15, 0.2) is 0 Å². The first-order valence-electron chi connectivity index (χ1n) is 8.43. The van der Waals surface area contributed by atoms with E-state index in [1.165, 1.54) is 0 Å². The quantitative estimate of drug-likeness (QED) is 0.836. The summed E-state index contributed by atoms with van der Waals surface area (Å²) in [4.78, 5) is 39.5. The number of rotatable bonds is 4. The molecule has 0 aromatic rings. The van der Waals surface area contributed by atoms with Crippen molar-refractivity contribution in [1.29, 1.82) is 0 Å². The normalized spacial score (nSPS) is 22.6. The third kappa shape index (κ3) is 4.36. The van der Waals surface area contributed by atoms with Crippen LogP contribution in [0.3, 0.4) is 0 Å². The van der Waals surface area contributed by atoms with Crippen molar-refractivity contribution in [2.45, 2.75) is 52.1 Å². The Morgan fingerprint density at radius 3 is 2.52 bits per heavy atom. The molecule has 0 spiro atoms. The third-order valence-corrected chi connectivity index (χ3v) is 4.39. The van der Waals surface area contributed by atoms with Crippen LogP contribution in [0.15, 0.2) is 0 Å². The fourth-order valence-electron chi connectivity index (χ4n) is 3.24. The van der Waals surface area contributed by atoms with Crippen molar-refractivity contribution in [3.05, 3.63) is 0 Å². The number of carbonyl (C=O) groups excluding carboxylic acids is 3. The van der Waals surface area contributed by atoms with Gasteiger partial charge in [0.2, 0.25) is 11.8 Å². The Morgan fingerprint density at radius 1 is 1.30 bits per heavy atom. The molecule has 2 fully saturated rings. The largest absolute Gasteiger partial charge is 0.450 e. The summed E-state index contributed by atoms with van der Waals surface area (Å²) in [6.07, 6.45) is 1.48. The molecule has 7 heteroatoms. The summed E-state index contributed by atoms with van der Waals surface area (Å²) in [5, 5.41) is 2.88. The summed E-state index contributed by atoms with van der Waals surface area (Å²) in [7, 11) is 0. The van der Waals surface area contributed by atoms with Crippen molar-refractivity contribution in [3.8, 4) is 0 Å². The minimum Gasteiger partial charge on any atom is -0.450 e. The second-order valence-corrected chi connectivity index (χ2v) is 6.53. The lowest BCUT2D eigenvalue weighted by Crippen LogP contribution is -2.47. The molecule has 2 saturated heterocycles. The van der Waals surface area contributed by atoms with Gasteiger partial charge in [0, 0.05) is 38.1 Å². The molecule has 1 N–H and O–H groups in total. The maximum Gasteiger partial charge on any atom is 0.409 e. The third-order valence-electron chi connectivity index (χ3n) is 4.39. The van der Waals surface area contributed by atoms with E-state index in [2.05, 4.69) is 5.32 Å². The maximum atomic E-state index is 12.2. The molecule has 2 aliphatic rings. The number of piperidine rings is 1. The highest BCUT2D eigenvalue weighted by Gasteiger charge is 2.39. The first-order chi connectivity index (χ1) is 10.9. The van der Waals surface area contributed by atoms with Gasteiger partial charge in [-0.25, -0.2) is 4.79 Å². The van der Waals surface area contributed by atoms with E-state index >= 15 is 0 Å². The molecule has 3 amide bonds. The van der Waals surface area contributed by atoms with Crippen molar-refractivity contribution >= 4 is 17.9 Å². The topological polar surface area (TPSA) is 79.0 Å². The fraction of sp³-hybridized carbons (Fsp3) is 0.812. The number of amides is 3. The summed E-state index contributed by atoms with van der Waals surface area (Å²) in [6.45, 7) is 7.66. The average molecular weight is 325 g/mol. The van der Waals surface area contributed by atoms with Gasteiger partial charge in [-0.15, -0.1) is 0 Å². The van der Waals surface area contributed by atoms with Gasteiger partial charge in [0.1, 0.15) is 0 Å². The molecule has 1 atom stereocenters. The molecule has 0 aromatic heterocycles. The van der Waals surface area contributed by atoms with Crippen molar-refractivity contribution in [3.63, 3.8) is 0 Å². The molecule has 2 rings (SSSR count). The van der Waals surface area contributed by atoms with Crippen LogP contribution in [0, 0.1) is 5.92 Å². The number of likely N-dealkylation sites (tertiary alicyclic amines) is 2. The van der Waals surface area contributed by atoms with E-state index in [-0.39, 0.29) is 42.3 Å². The molecule has 0 saturated carbocycles. The smallest absolute Gasteiger partial charge is 0.409 e. The molecular formula is C16H27N3O4. The second kappa shape index (κ2) is 7.66. The molecule has 0 aliphatic carbocycles. The van der Waals surface area contributed by atoms with Gasteiger partial charge in [-0.3, -0.25) is 9.59 Å². The SMILES string of the molecule is CCOC(=O)N1CCC(N2CC(C(=O)NC(C)C)CC2=O)CC1. The lowest BCUT2D eigenvalue weighted by molar-refractivity contribution is -0.131. The standard InChI is InChI=1S/C16H27N3O4/c1-4-23-16(22)18-7-5-13(6-8-18)19-10-12(9-14(19)20)15(21)17-11(2)3/h11-13H,4-10H2,1-3H3,(H,17,21). The van der Waals surface area contributed by atoms with E-state index in [1.54, 1.807) is 11.8 Å². The van der Waals surface area contributed by atoms with Crippen LogP contribution in [0.2, 0.25) is 0 Å². The van der Waals surface area contributed by atoms with Gasteiger partial charge in [-0.05, 0) is 33.6 Å². The average Bonchev–Trinajstić information content (AvgIpc) is 2.89. The van der Waals surface area contributed by atoms with Crippen molar-refractivity contribution in [2.75, 3.05) is 26.2 Å². The van der Waals surface area contributed by atoms with Gasteiger partial charge in [0.25, 0.3) is 0 Å². The molecule has 130 valence electrons. The van der Waals surface area contributed by atoms with E-state index in [4.69, 9.17) is 4.74 Å². The summed E-state index contributed by atoms with van der Waals surface area (Å²) in [5.41, 5.74) is 0. The van der Waals surface area contributed by atoms with Crippen LogP contribution in [0.1, 0.15) is 40.0 Å². The summed E-state index contributed by atoms with van der Waals surface area (Å²) in [6, 6.07) is 0.199. The highest BCUT2D eigenvalue weighted by Crippen LogP contribution is 2.26. The van der Waals surface area contributed by atoms with E-state index in [9.17, 15) is 14.4 Å². The monoisotopic (exact) mass is 325 g/mol.